The van der Waals surface area contributed by atoms with Crippen LogP contribution in [0.1, 0.15) is 33.6 Å². The van der Waals surface area contributed by atoms with Crippen molar-refractivity contribution >= 4 is 127 Å². The van der Waals surface area contributed by atoms with Crippen LogP contribution in [0.3, 0.4) is 0 Å². The van der Waals surface area contributed by atoms with E-state index in [9.17, 15) is 0 Å². The molecule has 5 heteroatoms. The topological polar surface area (TPSA) is 34.6 Å². The van der Waals surface area contributed by atoms with Crippen molar-refractivity contribution < 1.29 is 0 Å². The minimum atomic E-state index is -0.758. The van der Waals surface area contributed by atoms with Crippen LogP contribution in [-0.2, 0) is 0 Å². The quantitative estimate of drug-likeness (QED) is 0.158. The smallest absolute Gasteiger partial charge is 0.420 e. The Kier molecular flexibility index (Phi) is 9.50. The molecule has 4 aliphatic heterocycles. The van der Waals surface area contributed by atoms with Gasteiger partial charge in [0.15, 0.2) is 0 Å². The predicted molar refractivity (Wildman–Crippen MR) is 342 cm³/mol. The van der Waals surface area contributed by atoms with E-state index in [4.69, 9.17) is 9.98 Å². The molecule has 0 saturated carbocycles. The highest BCUT2D eigenvalue weighted by atomic mass is 27.1. The van der Waals surface area contributed by atoms with E-state index in [-0.39, 0.29) is 0 Å². The molecule has 1 radical (unpaired) electrons. The Balaban J connectivity index is 1.11. The first kappa shape index (κ1) is 44.8. The number of nitrogens with zero attached hydrogens (tertiary/aromatic N) is 4. The van der Waals surface area contributed by atoms with Crippen LogP contribution >= 0.6 is 0 Å². The van der Waals surface area contributed by atoms with Gasteiger partial charge in [-0.3, -0.25) is 0 Å². The van der Waals surface area contributed by atoms with Gasteiger partial charge < -0.3 is 7.10 Å². The number of rotatable bonds is 4. The number of fused-ring (bicyclic) bond motifs is 18. The minimum Gasteiger partial charge on any atom is -0.420 e. The molecule has 371 valence electrons. The molecular formula is C76H44AlN4. The molecule has 14 aromatic rings. The summed E-state index contributed by atoms with van der Waals surface area (Å²) in [7, 11) is 0. The normalized spacial score (nSPS) is 13.8. The molecule has 0 unspecified atom stereocenters. The first-order valence-electron chi connectivity index (χ1n) is 27.9. The fourth-order valence-corrected chi connectivity index (χ4v) is 15.6. The molecule has 4 nitrogen and oxygen atoms in total. The minimum absolute atomic E-state index is 0.758. The molecule has 0 aliphatic carbocycles. The average molecular weight is 1040 g/mol. The van der Waals surface area contributed by atoms with Gasteiger partial charge in [-0.25, -0.2) is 9.98 Å². The Morgan fingerprint density at radius 2 is 0.691 bits per heavy atom. The third-order valence-corrected chi connectivity index (χ3v) is 19.0. The van der Waals surface area contributed by atoms with Crippen molar-refractivity contribution in [3.63, 3.8) is 0 Å². The third kappa shape index (κ3) is 6.53. The summed E-state index contributed by atoms with van der Waals surface area (Å²) in [5.41, 5.74) is 20.1. The molecule has 0 atom stereocenters. The van der Waals surface area contributed by atoms with Crippen molar-refractivity contribution in [2.24, 2.45) is 9.98 Å². The molecular weight excluding hydrogens is 996 g/mol. The van der Waals surface area contributed by atoms with Crippen LogP contribution in [0.4, 0.5) is 0 Å². The van der Waals surface area contributed by atoms with E-state index in [1.165, 1.54) is 109 Å². The Morgan fingerprint density at radius 1 is 0.272 bits per heavy atom. The Morgan fingerprint density at radius 3 is 1.26 bits per heavy atom. The van der Waals surface area contributed by atoms with Crippen molar-refractivity contribution in [1.29, 1.82) is 0 Å². The molecule has 0 saturated heterocycles. The molecule has 6 bridgehead atoms. The van der Waals surface area contributed by atoms with Crippen LogP contribution in [0.15, 0.2) is 253 Å². The summed E-state index contributed by atoms with van der Waals surface area (Å²) in [6.07, 6.45) is 9.75. The van der Waals surface area contributed by atoms with Crippen LogP contribution < -0.4 is 10.7 Å². The fraction of sp³-hybridized carbons (Fsp3) is 0. The maximum absolute atomic E-state index is 5.96. The number of hydrogen-bond acceptors (Lipinski definition) is 2. The SMILES string of the molecule is C1=C2N=C(C=c3c4cc5ccccc5c(-c5ccccc5)c4c4[n]3[Al][n]3c(c5cc6ccccc6c(-c6ccccc6)c5c31)C=C1N=C(C=4)c3cc4ccccc4c(-c4ccccc4)c31)c1c2cc2ccccc2c1-c1ccccc1. The fourth-order valence-electron chi connectivity index (χ4n) is 14.0. The lowest BCUT2D eigenvalue weighted by Gasteiger charge is -2.15. The zero-order chi connectivity index (χ0) is 52.9. The van der Waals surface area contributed by atoms with Crippen molar-refractivity contribution in [2.75, 3.05) is 0 Å². The molecule has 0 amide bonds. The van der Waals surface area contributed by atoms with Crippen LogP contribution in [0, 0.1) is 0 Å². The molecule has 81 heavy (non-hydrogen) atoms. The Labute approximate surface area is 473 Å². The van der Waals surface area contributed by atoms with Gasteiger partial charge in [-0.1, -0.05) is 218 Å². The molecule has 18 rings (SSSR count). The summed E-state index contributed by atoms with van der Waals surface area (Å²) < 4.78 is 5.37. The van der Waals surface area contributed by atoms with Crippen molar-refractivity contribution in [2.45, 2.75) is 0 Å². The van der Waals surface area contributed by atoms with Gasteiger partial charge in [-0.05, 0) is 136 Å². The zero-order valence-electron chi connectivity index (χ0n) is 43.8. The maximum Gasteiger partial charge on any atom is 0.564 e. The van der Waals surface area contributed by atoms with Crippen molar-refractivity contribution in [1.82, 2.24) is 7.10 Å². The molecule has 6 heterocycles. The second-order valence-electron chi connectivity index (χ2n) is 21.8. The van der Waals surface area contributed by atoms with Crippen LogP contribution in [0.2, 0.25) is 0 Å². The Bertz CT molecular complexity index is 5390. The molecule has 2 aromatic heterocycles. The summed E-state index contributed by atoms with van der Waals surface area (Å²) in [5.74, 6) is 0. The summed E-state index contributed by atoms with van der Waals surface area (Å²) in [4.78, 5) is 11.9. The molecule has 0 spiro atoms. The van der Waals surface area contributed by atoms with Gasteiger partial charge in [0, 0.05) is 65.9 Å². The number of aromatic nitrogens is 2. The molecule has 4 aliphatic rings. The summed E-state index contributed by atoms with van der Waals surface area (Å²) in [6.45, 7) is 0. The lowest BCUT2D eigenvalue weighted by atomic mass is 9.87. The zero-order valence-corrected chi connectivity index (χ0v) is 44.9. The van der Waals surface area contributed by atoms with Gasteiger partial charge in [0.25, 0.3) is 0 Å². The number of hydrogen-bond donors (Lipinski definition) is 0. The van der Waals surface area contributed by atoms with Gasteiger partial charge in [-0.2, -0.15) is 0 Å². The summed E-state index contributed by atoms with van der Waals surface area (Å²) in [5, 5.41) is 16.6. The highest BCUT2D eigenvalue weighted by Crippen LogP contribution is 2.49. The van der Waals surface area contributed by atoms with E-state index in [2.05, 4.69) is 274 Å². The maximum atomic E-state index is 5.96. The average Bonchev–Trinajstić information content (AvgIpc) is 4.43. The second kappa shape index (κ2) is 17.2. The molecule has 12 aromatic carbocycles. The molecule has 0 fully saturated rings. The largest absolute Gasteiger partial charge is 0.564 e. The highest BCUT2D eigenvalue weighted by Gasteiger charge is 2.33. The van der Waals surface area contributed by atoms with Crippen molar-refractivity contribution in [3.8, 4) is 44.5 Å². The van der Waals surface area contributed by atoms with E-state index in [1.807, 2.05) is 0 Å². The first-order valence-corrected chi connectivity index (χ1v) is 28.9. The van der Waals surface area contributed by atoms with Crippen LogP contribution in [-0.4, -0.2) is 34.2 Å². The standard InChI is InChI=1S/C76H44N4.Al/c1-5-21-45(22-6-1)69-53-33-17-13-29-49(53)37-57-61-42-66-75-59(39-51-31-15-19-35-55(51)71(75)47-25-9-3-10-26-47)63(79-66)44-68-76-60(40-52-32-16-20-36-56(52)72(76)48-27-11-4-12-28-48)64(80-68)43-67-74-58(62(78-67)41-65(77-61)73(57)69)38-50-30-14-18-34-54(50)70(74)46-23-7-2-8-24-46;/h1-44H;/q-2;+2. The van der Waals surface area contributed by atoms with Crippen molar-refractivity contribution in [3.05, 3.63) is 287 Å². The van der Waals surface area contributed by atoms with Crippen LogP contribution in [0.5, 0.6) is 0 Å². The van der Waals surface area contributed by atoms with Gasteiger partial charge in [0.2, 0.25) is 0 Å². The van der Waals surface area contributed by atoms with Gasteiger partial charge >= 0.3 is 15.7 Å². The van der Waals surface area contributed by atoms with E-state index in [0.717, 1.165) is 67.2 Å². The Hall–Kier alpha value is -10.1. The van der Waals surface area contributed by atoms with E-state index >= 15 is 0 Å². The summed E-state index contributed by atoms with van der Waals surface area (Å²) >= 11 is -0.758. The van der Waals surface area contributed by atoms with E-state index in [1.54, 1.807) is 0 Å². The van der Waals surface area contributed by atoms with E-state index in [0.29, 0.717) is 0 Å². The molecule has 0 N–H and O–H groups in total. The summed E-state index contributed by atoms with van der Waals surface area (Å²) in [6, 6.07) is 89.4. The van der Waals surface area contributed by atoms with Gasteiger partial charge in [0.05, 0.1) is 22.8 Å². The van der Waals surface area contributed by atoms with Gasteiger partial charge in [-0.15, -0.1) is 0 Å². The third-order valence-electron chi connectivity index (χ3n) is 17.4. The second-order valence-corrected chi connectivity index (χ2v) is 23.0. The first-order chi connectivity index (χ1) is 40.2. The highest BCUT2D eigenvalue weighted by molar-refractivity contribution is 6.41. The van der Waals surface area contributed by atoms with Gasteiger partial charge in [0.1, 0.15) is 0 Å². The number of aliphatic imine (C=N–C) groups is 2. The van der Waals surface area contributed by atoms with Crippen LogP contribution in [0.25, 0.3) is 145 Å². The predicted octanol–water partition coefficient (Wildman–Crippen LogP) is 17.0. The lowest BCUT2D eigenvalue weighted by Crippen LogP contribution is -2.37. The van der Waals surface area contributed by atoms with E-state index < -0.39 is 15.7 Å². The lowest BCUT2D eigenvalue weighted by molar-refractivity contribution is 1.05. The number of benzene rings is 12. The monoisotopic (exact) mass is 1040 g/mol.